The fourth-order valence-corrected chi connectivity index (χ4v) is 3.56. The molecule has 0 aliphatic carbocycles. The molecule has 1 atom stereocenters. The van der Waals surface area contributed by atoms with Crippen LogP contribution in [0.2, 0.25) is 5.02 Å². The molecule has 0 spiro atoms. The van der Waals surface area contributed by atoms with E-state index in [0.717, 1.165) is 16.8 Å². The molecular weight excluding hydrogens is 358 g/mol. The Hall–Kier alpha value is -2.69. The van der Waals surface area contributed by atoms with E-state index in [1.165, 1.54) is 10.8 Å². The lowest BCUT2D eigenvalue weighted by atomic mass is 10.1. The molecule has 0 amide bonds. The quantitative estimate of drug-likeness (QED) is 0.468. The van der Waals surface area contributed by atoms with E-state index < -0.39 is 0 Å². The van der Waals surface area contributed by atoms with Gasteiger partial charge in [-0.25, -0.2) is 0 Å². The number of aromatic nitrogens is 3. The van der Waals surface area contributed by atoms with Gasteiger partial charge < -0.3 is 4.74 Å². The number of hydrogen-bond acceptors (Lipinski definition) is 3. The maximum Gasteiger partial charge on any atom is 0.105 e. The van der Waals surface area contributed by atoms with Crippen molar-refractivity contribution in [3.05, 3.63) is 95.0 Å². The van der Waals surface area contributed by atoms with Gasteiger partial charge in [-0.15, -0.1) is 0 Å². The Morgan fingerprint density at radius 2 is 1.85 bits per heavy atom. The second-order valence-electron chi connectivity index (χ2n) is 6.55. The van der Waals surface area contributed by atoms with Crippen LogP contribution in [-0.4, -0.2) is 14.8 Å². The number of halogens is 1. The summed E-state index contributed by atoms with van der Waals surface area (Å²) in [6, 6.07) is 18.7. The maximum absolute atomic E-state index is 6.39. The Morgan fingerprint density at radius 3 is 2.59 bits per heavy atom. The lowest BCUT2D eigenvalue weighted by Gasteiger charge is -2.19. The van der Waals surface area contributed by atoms with Crippen molar-refractivity contribution < 1.29 is 4.74 Å². The third-order valence-corrected chi connectivity index (χ3v) is 4.94. The van der Waals surface area contributed by atoms with Gasteiger partial charge in [-0.2, -0.15) is 5.10 Å². The highest BCUT2D eigenvalue weighted by molar-refractivity contribution is 6.31. The summed E-state index contributed by atoms with van der Waals surface area (Å²) in [5.41, 5.74) is 3.10. The molecule has 0 aliphatic rings. The third-order valence-electron chi connectivity index (χ3n) is 4.65. The molecule has 0 N–H and O–H groups in total. The van der Waals surface area contributed by atoms with Gasteiger partial charge in [0.05, 0.1) is 23.5 Å². The zero-order valence-electron chi connectivity index (χ0n) is 15.0. The van der Waals surface area contributed by atoms with Crippen molar-refractivity contribution in [1.29, 1.82) is 0 Å². The van der Waals surface area contributed by atoms with E-state index in [4.69, 9.17) is 16.3 Å². The average Bonchev–Trinajstić information content (AvgIpc) is 3.04. The molecule has 0 saturated heterocycles. The highest BCUT2D eigenvalue weighted by Gasteiger charge is 2.21. The predicted molar refractivity (Wildman–Crippen MR) is 108 cm³/mol. The standard InChI is InChI=1S/C22H20ClN3O/c1-26-22(20(23)14-25-26)21(12-16-5-4-10-24-13-16)27-15-17-8-9-18-6-2-3-7-19(18)11-17/h2-11,13-14,21H,12,15H2,1H3. The van der Waals surface area contributed by atoms with E-state index in [1.54, 1.807) is 17.1 Å². The summed E-state index contributed by atoms with van der Waals surface area (Å²) >= 11 is 6.39. The van der Waals surface area contributed by atoms with Crippen LogP contribution >= 0.6 is 11.6 Å². The Kier molecular flexibility index (Phi) is 5.19. The van der Waals surface area contributed by atoms with E-state index in [-0.39, 0.29) is 6.10 Å². The molecule has 4 aromatic rings. The Morgan fingerprint density at radius 1 is 1.00 bits per heavy atom. The molecular formula is C22H20ClN3O. The zero-order valence-corrected chi connectivity index (χ0v) is 15.8. The smallest absolute Gasteiger partial charge is 0.105 e. The van der Waals surface area contributed by atoms with Gasteiger partial charge in [0.1, 0.15) is 6.10 Å². The van der Waals surface area contributed by atoms with E-state index in [1.807, 2.05) is 37.5 Å². The van der Waals surface area contributed by atoms with Crippen molar-refractivity contribution in [2.45, 2.75) is 19.1 Å². The monoisotopic (exact) mass is 377 g/mol. The summed E-state index contributed by atoms with van der Waals surface area (Å²) in [7, 11) is 1.89. The van der Waals surface area contributed by atoms with Crippen molar-refractivity contribution in [2.75, 3.05) is 0 Å². The van der Waals surface area contributed by atoms with Crippen LogP contribution in [0.1, 0.15) is 22.9 Å². The number of fused-ring (bicyclic) bond motifs is 1. The molecule has 4 nitrogen and oxygen atoms in total. The Bertz CT molecular complexity index is 1030. The van der Waals surface area contributed by atoms with Crippen LogP contribution in [0.4, 0.5) is 0 Å². The molecule has 2 aromatic carbocycles. The molecule has 5 heteroatoms. The second kappa shape index (κ2) is 7.91. The first-order chi connectivity index (χ1) is 13.2. The number of pyridine rings is 1. The molecule has 0 bridgehead atoms. The lowest BCUT2D eigenvalue weighted by molar-refractivity contribution is 0.0347. The minimum Gasteiger partial charge on any atom is -0.367 e. The highest BCUT2D eigenvalue weighted by atomic mass is 35.5. The molecule has 4 rings (SSSR count). The average molecular weight is 378 g/mol. The topological polar surface area (TPSA) is 39.9 Å². The van der Waals surface area contributed by atoms with Crippen LogP contribution in [0, 0.1) is 0 Å². The van der Waals surface area contributed by atoms with Gasteiger partial charge in [0.2, 0.25) is 0 Å². The molecule has 0 radical (unpaired) electrons. The van der Waals surface area contributed by atoms with Crippen LogP contribution < -0.4 is 0 Å². The van der Waals surface area contributed by atoms with Crippen LogP contribution in [0.25, 0.3) is 10.8 Å². The van der Waals surface area contributed by atoms with Crippen LogP contribution in [0.3, 0.4) is 0 Å². The summed E-state index contributed by atoms with van der Waals surface area (Å²) in [5.74, 6) is 0. The summed E-state index contributed by atoms with van der Waals surface area (Å²) in [6.45, 7) is 0.497. The van der Waals surface area contributed by atoms with Gasteiger partial charge in [-0.1, -0.05) is 54.1 Å². The van der Waals surface area contributed by atoms with Crippen molar-refractivity contribution in [1.82, 2.24) is 14.8 Å². The minimum absolute atomic E-state index is 0.208. The van der Waals surface area contributed by atoms with Gasteiger partial charge in [0.25, 0.3) is 0 Å². The molecule has 0 fully saturated rings. The molecule has 0 aliphatic heterocycles. The Labute approximate surface area is 163 Å². The van der Waals surface area contributed by atoms with E-state index in [9.17, 15) is 0 Å². The van der Waals surface area contributed by atoms with E-state index >= 15 is 0 Å². The van der Waals surface area contributed by atoms with Crippen molar-refractivity contribution >= 4 is 22.4 Å². The molecule has 0 saturated carbocycles. The van der Waals surface area contributed by atoms with Gasteiger partial charge in [0, 0.05) is 25.9 Å². The third kappa shape index (κ3) is 4.02. The number of benzene rings is 2. The first kappa shape index (κ1) is 17.7. The number of rotatable bonds is 6. The summed E-state index contributed by atoms with van der Waals surface area (Å²) in [6.07, 6.45) is 5.76. The van der Waals surface area contributed by atoms with Crippen LogP contribution in [0.15, 0.2) is 73.2 Å². The number of ether oxygens (including phenoxy) is 1. The highest BCUT2D eigenvalue weighted by Crippen LogP contribution is 2.29. The zero-order chi connectivity index (χ0) is 18.6. The van der Waals surface area contributed by atoms with Crippen molar-refractivity contribution in [3.8, 4) is 0 Å². The summed E-state index contributed by atoms with van der Waals surface area (Å²) in [4.78, 5) is 4.21. The van der Waals surface area contributed by atoms with Gasteiger partial charge in [-0.3, -0.25) is 9.67 Å². The molecule has 1 unspecified atom stereocenters. The number of nitrogens with zero attached hydrogens (tertiary/aromatic N) is 3. The minimum atomic E-state index is -0.208. The van der Waals surface area contributed by atoms with E-state index in [0.29, 0.717) is 18.1 Å². The van der Waals surface area contributed by atoms with Crippen LogP contribution in [0.5, 0.6) is 0 Å². The van der Waals surface area contributed by atoms with Crippen LogP contribution in [-0.2, 0) is 24.8 Å². The first-order valence-electron chi connectivity index (χ1n) is 8.86. The first-order valence-corrected chi connectivity index (χ1v) is 9.24. The van der Waals surface area contributed by atoms with E-state index in [2.05, 4.69) is 40.4 Å². The molecule has 2 aromatic heterocycles. The van der Waals surface area contributed by atoms with Crippen molar-refractivity contribution in [2.24, 2.45) is 7.05 Å². The van der Waals surface area contributed by atoms with Crippen molar-refractivity contribution in [3.63, 3.8) is 0 Å². The number of hydrogen-bond donors (Lipinski definition) is 0. The fourth-order valence-electron chi connectivity index (χ4n) is 3.28. The second-order valence-corrected chi connectivity index (χ2v) is 6.96. The molecule has 27 heavy (non-hydrogen) atoms. The summed E-state index contributed by atoms with van der Waals surface area (Å²) in [5, 5.41) is 7.31. The SMILES string of the molecule is Cn1ncc(Cl)c1C(Cc1cccnc1)OCc1ccc2ccccc2c1. The number of aryl methyl sites for hydroxylation is 1. The summed E-state index contributed by atoms with van der Waals surface area (Å²) < 4.78 is 8.10. The Balaban J connectivity index is 1.58. The maximum atomic E-state index is 6.39. The predicted octanol–water partition coefficient (Wildman–Crippen LogP) is 5.12. The van der Waals surface area contributed by atoms with Gasteiger partial charge in [-0.05, 0) is 34.0 Å². The molecule has 2 heterocycles. The van der Waals surface area contributed by atoms with Gasteiger partial charge in [0.15, 0.2) is 0 Å². The van der Waals surface area contributed by atoms with Gasteiger partial charge >= 0.3 is 0 Å². The largest absolute Gasteiger partial charge is 0.367 e. The lowest BCUT2D eigenvalue weighted by Crippen LogP contribution is -2.13. The normalized spacial score (nSPS) is 12.4. The molecule has 136 valence electrons. The fraction of sp³-hybridized carbons (Fsp3) is 0.182.